The average molecular weight is 266 g/mol. The zero-order valence-electron chi connectivity index (χ0n) is 10.8. The Bertz CT molecular complexity index is 416. The van der Waals surface area contributed by atoms with E-state index in [0.717, 1.165) is 5.56 Å². The summed E-state index contributed by atoms with van der Waals surface area (Å²) < 4.78 is 4.63. The summed E-state index contributed by atoms with van der Waals surface area (Å²) in [5.41, 5.74) is 1.60. The quantitative estimate of drug-likeness (QED) is 0.643. The van der Waals surface area contributed by atoms with E-state index in [1.807, 2.05) is 26.0 Å². The molecule has 2 N–H and O–H groups in total. The summed E-state index contributed by atoms with van der Waals surface area (Å²) in [4.78, 5) is 11.2. The first-order valence-electron chi connectivity index (χ1n) is 5.74. The first-order chi connectivity index (χ1) is 8.52. The third-order valence-corrected chi connectivity index (χ3v) is 2.51. The molecule has 0 radical (unpaired) electrons. The monoisotopic (exact) mass is 266 g/mol. The third kappa shape index (κ3) is 4.71. The second kappa shape index (κ2) is 6.96. The zero-order valence-corrected chi connectivity index (χ0v) is 11.6. The van der Waals surface area contributed by atoms with E-state index in [1.54, 1.807) is 12.1 Å². The van der Waals surface area contributed by atoms with Crippen molar-refractivity contribution in [3.05, 3.63) is 35.4 Å². The summed E-state index contributed by atoms with van der Waals surface area (Å²) in [6, 6.07) is 7.53. The van der Waals surface area contributed by atoms with Gasteiger partial charge in [0.1, 0.15) is 0 Å². The van der Waals surface area contributed by atoms with Crippen LogP contribution in [0.4, 0.5) is 0 Å². The van der Waals surface area contributed by atoms with E-state index in [1.165, 1.54) is 7.11 Å². The number of thiocarbonyl (C=S) groups is 1. The van der Waals surface area contributed by atoms with Gasteiger partial charge in [-0.05, 0) is 43.8 Å². The van der Waals surface area contributed by atoms with Crippen LogP contribution in [-0.2, 0) is 11.3 Å². The molecule has 1 rings (SSSR count). The lowest BCUT2D eigenvalue weighted by atomic mass is 10.1. The highest BCUT2D eigenvalue weighted by atomic mass is 32.1. The molecule has 0 saturated carbocycles. The number of nitrogens with one attached hydrogen (secondary N) is 2. The number of carbonyl (C=O) groups is 1. The van der Waals surface area contributed by atoms with Crippen molar-refractivity contribution in [1.29, 1.82) is 0 Å². The predicted octanol–water partition coefficient (Wildman–Crippen LogP) is 1.85. The number of methoxy groups -OCH3 is 1. The minimum Gasteiger partial charge on any atom is -0.465 e. The molecule has 0 amide bonds. The molecule has 0 aliphatic carbocycles. The number of ether oxygens (including phenoxy) is 1. The largest absolute Gasteiger partial charge is 0.465 e. The molecule has 98 valence electrons. The van der Waals surface area contributed by atoms with Gasteiger partial charge < -0.3 is 15.4 Å². The first kappa shape index (κ1) is 14.4. The maximum atomic E-state index is 11.2. The number of hydrogen-bond donors (Lipinski definition) is 2. The predicted molar refractivity (Wildman–Crippen MR) is 75.5 cm³/mol. The minimum atomic E-state index is -0.327. The standard InChI is InChI=1S/C13H18N2O2S/c1-9(2)15-13(18)14-8-10-4-6-11(7-5-10)12(16)17-3/h4-7,9H,8H2,1-3H3,(H2,14,15,18). The van der Waals surface area contributed by atoms with Crippen molar-refractivity contribution in [2.24, 2.45) is 0 Å². The van der Waals surface area contributed by atoms with Crippen molar-refractivity contribution in [3.63, 3.8) is 0 Å². The van der Waals surface area contributed by atoms with Crippen molar-refractivity contribution in [2.75, 3.05) is 7.11 Å². The molecule has 0 bridgehead atoms. The molecule has 0 fully saturated rings. The molecule has 0 heterocycles. The van der Waals surface area contributed by atoms with Crippen molar-refractivity contribution >= 4 is 23.3 Å². The molecule has 5 heteroatoms. The molecule has 4 nitrogen and oxygen atoms in total. The SMILES string of the molecule is COC(=O)c1ccc(CNC(=S)NC(C)C)cc1. The van der Waals surface area contributed by atoms with E-state index in [4.69, 9.17) is 12.2 Å². The molecule has 18 heavy (non-hydrogen) atoms. The summed E-state index contributed by atoms with van der Waals surface area (Å²) in [5, 5.41) is 6.82. The van der Waals surface area contributed by atoms with Gasteiger partial charge in [-0.1, -0.05) is 12.1 Å². The molecular formula is C13H18N2O2S. The van der Waals surface area contributed by atoms with Crippen LogP contribution >= 0.6 is 12.2 Å². The molecular weight excluding hydrogens is 248 g/mol. The van der Waals surface area contributed by atoms with E-state index in [2.05, 4.69) is 15.4 Å². The van der Waals surface area contributed by atoms with Crippen LogP contribution in [0.3, 0.4) is 0 Å². The smallest absolute Gasteiger partial charge is 0.337 e. The highest BCUT2D eigenvalue weighted by Crippen LogP contribution is 2.05. The van der Waals surface area contributed by atoms with Gasteiger partial charge in [0.15, 0.2) is 5.11 Å². The van der Waals surface area contributed by atoms with Crippen LogP contribution in [0.25, 0.3) is 0 Å². The van der Waals surface area contributed by atoms with Crippen LogP contribution in [0.2, 0.25) is 0 Å². The lowest BCUT2D eigenvalue weighted by Crippen LogP contribution is -2.38. The van der Waals surface area contributed by atoms with Crippen LogP contribution in [0.5, 0.6) is 0 Å². The highest BCUT2D eigenvalue weighted by Gasteiger charge is 2.04. The fourth-order valence-corrected chi connectivity index (χ4v) is 1.68. The van der Waals surface area contributed by atoms with Gasteiger partial charge in [-0.2, -0.15) is 0 Å². The summed E-state index contributed by atoms with van der Waals surface area (Å²) in [6.07, 6.45) is 0. The Labute approximate surface area is 113 Å². The topological polar surface area (TPSA) is 50.4 Å². The van der Waals surface area contributed by atoms with Crippen molar-refractivity contribution in [1.82, 2.24) is 10.6 Å². The summed E-state index contributed by atoms with van der Waals surface area (Å²) in [7, 11) is 1.37. The maximum Gasteiger partial charge on any atom is 0.337 e. The van der Waals surface area contributed by atoms with Crippen molar-refractivity contribution in [3.8, 4) is 0 Å². The van der Waals surface area contributed by atoms with Gasteiger partial charge in [0.25, 0.3) is 0 Å². The second-order valence-electron chi connectivity index (χ2n) is 4.17. The lowest BCUT2D eigenvalue weighted by Gasteiger charge is -2.13. The van der Waals surface area contributed by atoms with Gasteiger partial charge in [-0.15, -0.1) is 0 Å². The van der Waals surface area contributed by atoms with E-state index >= 15 is 0 Å². The highest BCUT2D eigenvalue weighted by molar-refractivity contribution is 7.80. The van der Waals surface area contributed by atoms with Gasteiger partial charge in [-0.25, -0.2) is 4.79 Å². The van der Waals surface area contributed by atoms with Gasteiger partial charge in [0.05, 0.1) is 12.7 Å². The van der Waals surface area contributed by atoms with Crippen molar-refractivity contribution in [2.45, 2.75) is 26.4 Å². The molecule has 0 aromatic heterocycles. The van der Waals surface area contributed by atoms with E-state index in [-0.39, 0.29) is 5.97 Å². The molecule has 0 aliphatic heterocycles. The Balaban J connectivity index is 2.49. The average Bonchev–Trinajstić information content (AvgIpc) is 2.35. The fourth-order valence-electron chi connectivity index (χ4n) is 1.37. The molecule has 0 aliphatic rings. The van der Waals surface area contributed by atoms with Crippen LogP contribution < -0.4 is 10.6 Å². The van der Waals surface area contributed by atoms with Crippen LogP contribution in [0, 0.1) is 0 Å². The van der Waals surface area contributed by atoms with Crippen molar-refractivity contribution < 1.29 is 9.53 Å². The maximum absolute atomic E-state index is 11.2. The third-order valence-electron chi connectivity index (χ3n) is 2.25. The molecule has 0 atom stereocenters. The van der Waals surface area contributed by atoms with Gasteiger partial charge in [0.2, 0.25) is 0 Å². The Morgan fingerprint density at radius 2 is 1.94 bits per heavy atom. The van der Waals surface area contributed by atoms with Crippen LogP contribution in [-0.4, -0.2) is 24.2 Å². The van der Waals surface area contributed by atoms with E-state index < -0.39 is 0 Å². The number of rotatable bonds is 4. The van der Waals surface area contributed by atoms with E-state index in [0.29, 0.717) is 23.3 Å². The van der Waals surface area contributed by atoms with Crippen LogP contribution in [0.1, 0.15) is 29.8 Å². The Morgan fingerprint density at radius 3 is 2.44 bits per heavy atom. The Morgan fingerprint density at radius 1 is 1.33 bits per heavy atom. The molecule has 1 aromatic carbocycles. The first-order valence-corrected chi connectivity index (χ1v) is 6.15. The fraction of sp³-hybridized carbons (Fsp3) is 0.385. The number of benzene rings is 1. The zero-order chi connectivity index (χ0) is 13.5. The summed E-state index contributed by atoms with van der Waals surface area (Å²) in [6.45, 7) is 4.68. The Hall–Kier alpha value is -1.62. The normalized spacial score (nSPS) is 10.0. The number of carbonyl (C=O) groups excluding carboxylic acids is 1. The van der Waals surface area contributed by atoms with Gasteiger partial charge in [0, 0.05) is 12.6 Å². The van der Waals surface area contributed by atoms with Gasteiger partial charge >= 0.3 is 5.97 Å². The van der Waals surface area contributed by atoms with Crippen LogP contribution in [0.15, 0.2) is 24.3 Å². The molecule has 0 saturated heterocycles. The summed E-state index contributed by atoms with van der Waals surface area (Å²) >= 11 is 5.12. The van der Waals surface area contributed by atoms with E-state index in [9.17, 15) is 4.79 Å². The number of hydrogen-bond acceptors (Lipinski definition) is 3. The minimum absolute atomic E-state index is 0.312. The molecule has 0 spiro atoms. The second-order valence-corrected chi connectivity index (χ2v) is 4.58. The van der Waals surface area contributed by atoms with Gasteiger partial charge in [-0.3, -0.25) is 0 Å². The molecule has 1 aromatic rings. The lowest BCUT2D eigenvalue weighted by molar-refractivity contribution is 0.0600. The molecule has 0 unspecified atom stereocenters. The number of esters is 1. The summed E-state index contributed by atoms with van der Waals surface area (Å²) in [5.74, 6) is -0.327. The Kier molecular flexibility index (Phi) is 5.58.